The Morgan fingerprint density at radius 1 is 1.30 bits per heavy atom. The predicted octanol–water partition coefficient (Wildman–Crippen LogP) is 3.97. The van der Waals surface area contributed by atoms with Gasteiger partial charge in [-0.25, -0.2) is 0 Å². The SMILES string of the molecule is CCc1cc(CN[C@H](C)c2ccccc2Cl)n(CC)n1. The van der Waals surface area contributed by atoms with E-state index in [4.69, 9.17) is 11.6 Å². The maximum atomic E-state index is 6.23. The average molecular weight is 292 g/mol. The van der Waals surface area contributed by atoms with Crippen molar-refractivity contribution in [2.75, 3.05) is 0 Å². The van der Waals surface area contributed by atoms with Gasteiger partial charge in [-0.05, 0) is 38.0 Å². The van der Waals surface area contributed by atoms with Gasteiger partial charge in [-0.2, -0.15) is 5.10 Å². The van der Waals surface area contributed by atoms with Gasteiger partial charge >= 0.3 is 0 Å². The summed E-state index contributed by atoms with van der Waals surface area (Å²) in [5.74, 6) is 0. The lowest BCUT2D eigenvalue weighted by Gasteiger charge is -2.16. The molecule has 108 valence electrons. The van der Waals surface area contributed by atoms with Crippen LogP contribution >= 0.6 is 11.6 Å². The highest BCUT2D eigenvalue weighted by molar-refractivity contribution is 6.31. The fraction of sp³-hybridized carbons (Fsp3) is 0.438. The fourth-order valence-corrected chi connectivity index (χ4v) is 2.60. The van der Waals surface area contributed by atoms with Crippen LogP contribution in [0.5, 0.6) is 0 Å². The molecule has 0 aliphatic rings. The summed E-state index contributed by atoms with van der Waals surface area (Å²) in [4.78, 5) is 0. The molecule has 4 heteroatoms. The number of hydrogen-bond donors (Lipinski definition) is 1. The molecule has 0 unspecified atom stereocenters. The Morgan fingerprint density at radius 3 is 2.70 bits per heavy atom. The number of aryl methyl sites for hydroxylation is 2. The minimum absolute atomic E-state index is 0.217. The fourth-order valence-electron chi connectivity index (χ4n) is 2.30. The van der Waals surface area contributed by atoms with E-state index in [2.05, 4.69) is 48.0 Å². The molecule has 1 aromatic carbocycles. The van der Waals surface area contributed by atoms with E-state index in [9.17, 15) is 0 Å². The molecule has 1 heterocycles. The van der Waals surface area contributed by atoms with Crippen LogP contribution in [0.2, 0.25) is 5.02 Å². The zero-order chi connectivity index (χ0) is 14.5. The van der Waals surface area contributed by atoms with E-state index >= 15 is 0 Å². The maximum absolute atomic E-state index is 6.23. The molecule has 0 radical (unpaired) electrons. The van der Waals surface area contributed by atoms with Gasteiger partial charge in [-0.15, -0.1) is 0 Å². The molecule has 0 aliphatic carbocycles. The minimum Gasteiger partial charge on any atom is -0.305 e. The number of hydrogen-bond acceptors (Lipinski definition) is 2. The summed E-state index contributed by atoms with van der Waals surface area (Å²) >= 11 is 6.23. The van der Waals surface area contributed by atoms with Gasteiger partial charge in [0, 0.05) is 24.2 Å². The third-order valence-electron chi connectivity index (χ3n) is 3.54. The smallest absolute Gasteiger partial charge is 0.0625 e. The normalized spacial score (nSPS) is 12.6. The van der Waals surface area contributed by atoms with E-state index in [1.165, 1.54) is 5.69 Å². The Kier molecular flexibility index (Phi) is 5.21. The Labute approximate surface area is 126 Å². The van der Waals surface area contributed by atoms with E-state index in [-0.39, 0.29) is 6.04 Å². The van der Waals surface area contributed by atoms with Crippen LogP contribution in [0.25, 0.3) is 0 Å². The van der Waals surface area contributed by atoms with E-state index in [1.807, 2.05) is 18.2 Å². The second kappa shape index (κ2) is 6.91. The van der Waals surface area contributed by atoms with Crippen molar-refractivity contribution in [3.63, 3.8) is 0 Å². The lowest BCUT2D eigenvalue weighted by molar-refractivity contribution is 0.530. The monoisotopic (exact) mass is 291 g/mol. The summed E-state index contributed by atoms with van der Waals surface area (Å²) in [6, 6.07) is 10.4. The van der Waals surface area contributed by atoms with Crippen molar-refractivity contribution in [2.24, 2.45) is 0 Å². The number of nitrogens with zero attached hydrogens (tertiary/aromatic N) is 2. The molecule has 0 saturated heterocycles. The first-order chi connectivity index (χ1) is 9.65. The van der Waals surface area contributed by atoms with Crippen LogP contribution in [0.4, 0.5) is 0 Å². The molecule has 3 nitrogen and oxygen atoms in total. The van der Waals surface area contributed by atoms with Crippen molar-refractivity contribution in [1.82, 2.24) is 15.1 Å². The highest BCUT2D eigenvalue weighted by Gasteiger charge is 2.11. The van der Waals surface area contributed by atoms with Crippen LogP contribution in [0, 0.1) is 0 Å². The topological polar surface area (TPSA) is 29.9 Å². The molecule has 0 spiro atoms. The Morgan fingerprint density at radius 2 is 2.05 bits per heavy atom. The van der Waals surface area contributed by atoms with Crippen LogP contribution in [0.1, 0.15) is 43.8 Å². The first kappa shape index (κ1) is 15.1. The molecule has 1 aromatic heterocycles. The van der Waals surface area contributed by atoms with E-state index in [0.717, 1.165) is 35.8 Å². The number of nitrogens with one attached hydrogen (secondary N) is 1. The maximum Gasteiger partial charge on any atom is 0.0625 e. The largest absolute Gasteiger partial charge is 0.305 e. The van der Waals surface area contributed by atoms with Gasteiger partial charge < -0.3 is 5.32 Å². The highest BCUT2D eigenvalue weighted by atomic mass is 35.5. The minimum atomic E-state index is 0.217. The third-order valence-corrected chi connectivity index (χ3v) is 3.88. The highest BCUT2D eigenvalue weighted by Crippen LogP contribution is 2.22. The van der Waals surface area contributed by atoms with E-state index in [0.29, 0.717) is 0 Å². The number of rotatable bonds is 6. The summed E-state index contributed by atoms with van der Waals surface area (Å²) in [6.45, 7) is 8.08. The second-order valence-electron chi connectivity index (χ2n) is 4.92. The van der Waals surface area contributed by atoms with Gasteiger partial charge in [-0.1, -0.05) is 36.7 Å². The van der Waals surface area contributed by atoms with Gasteiger partial charge in [-0.3, -0.25) is 4.68 Å². The second-order valence-corrected chi connectivity index (χ2v) is 5.33. The van der Waals surface area contributed by atoms with Crippen LogP contribution < -0.4 is 5.32 Å². The quantitative estimate of drug-likeness (QED) is 0.873. The summed E-state index contributed by atoms with van der Waals surface area (Å²) in [7, 11) is 0. The summed E-state index contributed by atoms with van der Waals surface area (Å²) in [5.41, 5.74) is 3.50. The van der Waals surface area contributed by atoms with Gasteiger partial charge in [0.25, 0.3) is 0 Å². The van der Waals surface area contributed by atoms with Crippen LogP contribution in [0.15, 0.2) is 30.3 Å². The lowest BCUT2D eigenvalue weighted by atomic mass is 10.1. The molecule has 2 rings (SSSR count). The molecule has 0 bridgehead atoms. The molecule has 1 N–H and O–H groups in total. The Bertz CT molecular complexity index is 563. The van der Waals surface area contributed by atoms with Crippen LogP contribution in [-0.4, -0.2) is 9.78 Å². The molecule has 2 aromatic rings. The Balaban J connectivity index is 2.05. The summed E-state index contributed by atoms with van der Waals surface area (Å²) in [5, 5.41) is 8.90. The van der Waals surface area contributed by atoms with E-state index in [1.54, 1.807) is 0 Å². The lowest BCUT2D eigenvalue weighted by Crippen LogP contribution is -2.20. The standard InChI is InChI=1S/C16H22ClN3/c1-4-13-10-14(20(5-2)19-13)11-18-12(3)15-8-6-7-9-16(15)17/h6-10,12,18H,4-5,11H2,1-3H3/t12-/m1/s1. The molecular weight excluding hydrogens is 270 g/mol. The van der Waals surface area contributed by atoms with Crippen LogP contribution in [0.3, 0.4) is 0 Å². The Hall–Kier alpha value is -1.32. The van der Waals surface area contributed by atoms with Gasteiger partial charge in [0.05, 0.1) is 11.4 Å². The zero-order valence-electron chi connectivity index (χ0n) is 12.4. The molecule has 1 atom stereocenters. The van der Waals surface area contributed by atoms with Crippen molar-refractivity contribution >= 4 is 11.6 Å². The first-order valence-corrected chi connectivity index (χ1v) is 7.56. The number of aromatic nitrogens is 2. The van der Waals surface area contributed by atoms with E-state index < -0.39 is 0 Å². The zero-order valence-corrected chi connectivity index (χ0v) is 13.1. The van der Waals surface area contributed by atoms with Crippen molar-refractivity contribution in [2.45, 2.75) is 46.3 Å². The number of benzene rings is 1. The van der Waals surface area contributed by atoms with Crippen LogP contribution in [-0.2, 0) is 19.5 Å². The molecule has 0 aliphatic heterocycles. The average Bonchev–Trinajstić information content (AvgIpc) is 2.87. The van der Waals surface area contributed by atoms with Gasteiger partial charge in [0.15, 0.2) is 0 Å². The molecule has 20 heavy (non-hydrogen) atoms. The molecule has 0 fully saturated rings. The first-order valence-electron chi connectivity index (χ1n) is 7.19. The van der Waals surface area contributed by atoms with Gasteiger partial charge in [0.1, 0.15) is 0 Å². The van der Waals surface area contributed by atoms with Crippen molar-refractivity contribution < 1.29 is 0 Å². The van der Waals surface area contributed by atoms with Crippen molar-refractivity contribution in [3.8, 4) is 0 Å². The van der Waals surface area contributed by atoms with Crippen molar-refractivity contribution in [3.05, 3.63) is 52.3 Å². The van der Waals surface area contributed by atoms with Gasteiger partial charge in [0.2, 0.25) is 0 Å². The third kappa shape index (κ3) is 3.41. The molecule has 0 saturated carbocycles. The predicted molar refractivity (Wildman–Crippen MR) is 84.0 cm³/mol. The number of halogens is 1. The summed E-state index contributed by atoms with van der Waals surface area (Å²) in [6.07, 6.45) is 0.972. The molecule has 0 amide bonds. The van der Waals surface area contributed by atoms with Crippen molar-refractivity contribution in [1.29, 1.82) is 0 Å². The summed E-state index contributed by atoms with van der Waals surface area (Å²) < 4.78 is 2.06. The molecular formula is C16H22ClN3.